The predicted octanol–water partition coefficient (Wildman–Crippen LogP) is 8.42. The summed E-state index contributed by atoms with van der Waals surface area (Å²) >= 11 is 0. The van der Waals surface area contributed by atoms with Crippen LogP contribution in [0.2, 0.25) is 0 Å². The fourth-order valence-corrected chi connectivity index (χ4v) is 5.06. The van der Waals surface area contributed by atoms with Crippen molar-refractivity contribution in [3.63, 3.8) is 0 Å². The van der Waals surface area contributed by atoms with E-state index in [1.54, 1.807) is 12.4 Å². The van der Waals surface area contributed by atoms with Crippen molar-refractivity contribution in [2.75, 3.05) is 0 Å². The molecular weight excluding hydrogens is 412 g/mol. The second-order valence-electron chi connectivity index (χ2n) is 8.70. The molecule has 0 bridgehead atoms. The molecular formula is C32H20N2. The van der Waals surface area contributed by atoms with E-state index in [1.165, 1.54) is 43.8 Å². The zero-order valence-corrected chi connectivity index (χ0v) is 18.4. The van der Waals surface area contributed by atoms with Crippen molar-refractivity contribution in [3.05, 3.63) is 122 Å². The van der Waals surface area contributed by atoms with E-state index in [4.69, 9.17) is 4.98 Å². The van der Waals surface area contributed by atoms with Crippen LogP contribution in [0.1, 0.15) is 0 Å². The summed E-state index contributed by atoms with van der Waals surface area (Å²) in [7, 11) is 0. The van der Waals surface area contributed by atoms with Gasteiger partial charge in [0.1, 0.15) is 0 Å². The maximum Gasteiger partial charge on any atom is 0.0971 e. The van der Waals surface area contributed by atoms with Gasteiger partial charge < -0.3 is 0 Å². The van der Waals surface area contributed by atoms with Crippen molar-refractivity contribution in [2.45, 2.75) is 0 Å². The van der Waals surface area contributed by atoms with Crippen LogP contribution < -0.4 is 0 Å². The van der Waals surface area contributed by atoms with Crippen LogP contribution in [0.25, 0.3) is 65.6 Å². The third-order valence-electron chi connectivity index (χ3n) is 6.72. The lowest BCUT2D eigenvalue weighted by molar-refractivity contribution is 1.31. The number of hydrogen-bond acceptors (Lipinski definition) is 2. The highest BCUT2D eigenvalue weighted by Crippen LogP contribution is 2.36. The lowest BCUT2D eigenvalue weighted by Crippen LogP contribution is -1.89. The lowest BCUT2D eigenvalue weighted by Gasteiger charge is -2.11. The SMILES string of the molecule is c1cc(-c2ccc3ccccc3c2)cc(-c2ccc3c4ccccc4c4nccnc4c3c2)c1. The third-order valence-corrected chi connectivity index (χ3v) is 6.72. The molecule has 7 aromatic rings. The molecule has 0 radical (unpaired) electrons. The zero-order chi connectivity index (χ0) is 22.5. The molecule has 158 valence electrons. The number of aromatic nitrogens is 2. The molecule has 0 saturated heterocycles. The molecule has 34 heavy (non-hydrogen) atoms. The summed E-state index contributed by atoms with van der Waals surface area (Å²) in [6.07, 6.45) is 3.56. The van der Waals surface area contributed by atoms with Gasteiger partial charge in [-0.25, -0.2) is 0 Å². The highest BCUT2D eigenvalue weighted by Gasteiger charge is 2.11. The van der Waals surface area contributed by atoms with E-state index in [-0.39, 0.29) is 0 Å². The number of rotatable bonds is 2. The molecule has 0 unspecified atom stereocenters. The van der Waals surface area contributed by atoms with Gasteiger partial charge in [-0.05, 0) is 62.0 Å². The first-order chi connectivity index (χ1) is 16.8. The van der Waals surface area contributed by atoms with Crippen LogP contribution in [0.15, 0.2) is 122 Å². The Kier molecular flexibility index (Phi) is 4.18. The van der Waals surface area contributed by atoms with Crippen LogP contribution in [0.4, 0.5) is 0 Å². The number of hydrogen-bond donors (Lipinski definition) is 0. The molecule has 0 aliphatic carbocycles. The molecule has 1 heterocycles. The van der Waals surface area contributed by atoms with Crippen molar-refractivity contribution >= 4 is 43.4 Å². The highest BCUT2D eigenvalue weighted by atomic mass is 14.8. The fraction of sp³-hybridized carbons (Fsp3) is 0. The van der Waals surface area contributed by atoms with Crippen molar-refractivity contribution in [2.24, 2.45) is 0 Å². The average Bonchev–Trinajstić information content (AvgIpc) is 2.93. The Labute approximate surface area is 197 Å². The number of nitrogens with zero attached hydrogens (tertiary/aromatic N) is 2. The first-order valence-corrected chi connectivity index (χ1v) is 11.5. The van der Waals surface area contributed by atoms with E-state index in [0.717, 1.165) is 21.8 Å². The largest absolute Gasteiger partial charge is 0.252 e. The molecule has 2 nitrogen and oxygen atoms in total. The molecule has 6 aromatic carbocycles. The lowest BCUT2D eigenvalue weighted by atomic mass is 9.94. The Morgan fingerprint density at radius 1 is 0.353 bits per heavy atom. The molecule has 7 rings (SSSR count). The summed E-state index contributed by atoms with van der Waals surface area (Å²) in [4.78, 5) is 9.40. The number of fused-ring (bicyclic) bond motifs is 7. The monoisotopic (exact) mass is 432 g/mol. The molecule has 2 heteroatoms. The van der Waals surface area contributed by atoms with Crippen molar-refractivity contribution in [1.29, 1.82) is 0 Å². The van der Waals surface area contributed by atoms with E-state index in [2.05, 4.69) is 114 Å². The quantitative estimate of drug-likeness (QED) is 0.256. The molecule has 1 aromatic heterocycles. The first-order valence-electron chi connectivity index (χ1n) is 11.5. The summed E-state index contributed by atoms with van der Waals surface area (Å²) in [5, 5.41) is 7.21. The molecule has 0 fully saturated rings. The van der Waals surface area contributed by atoms with Crippen LogP contribution in [0.5, 0.6) is 0 Å². The van der Waals surface area contributed by atoms with Gasteiger partial charge in [0, 0.05) is 23.2 Å². The van der Waals surface area contributed by atoms with Crippen molar-refractivity contribution < 1.29 is 0 Å². The Hall–Kier alpha value is -4.56. The third kappa shape index (κ3) is 2.96. The summed E-state index contributed by atoms with van der Waals surface area (Å²) in [5.41, 5.74) is 6.71. The topological polar surface area (TPSA) is 25.8 Å². The smallest absolute Gasteiger partial charge is 0.0971 e. The minimum atomic E-state index is 0.948. The summed E-state index contributed by atoms with van der Waals surface area (Å²) < 4.78 is 0. The molecule has 0 N–H and O–H groups in total. The minimum absolute atomic E-state index is 0.948. The highest BCUT2D eigenvalue weighted by molar-refractivity contribution is 6.23. The standard InChI is InChI=1S/C32H20N2/c1-2-7-22-18-25(13-12-21(22)6-1)23-8-5-9-24(19-23)26-14-15-28-27-10-3-4-11-29(27)31-32(30(28)20-26)34-17-16-33-31/h1-20H. The van der Waals surface area contributed by atoms with Gasteiger partial charge in [-0.3, -0.25) is 9.97 Å². The fourth-order valence-electron chi connectivity index (χ4n) is 5.06. The Morgan fingerprint density at radius 2 is 0.941 bits per heavy atom. The molecule has 0 amide bonds. The average molecular weight is 433 g/mol. The maximum atomic E-state index is 4.73. The van der Waals surface area contributed by atoms with Gasteiger partial charge in [-0.1, -0.05) is 91.0 Å². The second kappa shape index (κ2) is 7.50. The van der Waals surface area contributed by atoms with Gasteiger partial charge in [0.25, 0.3) is 0 Å². The van der Waals surface area contributed by atoms with Crippen LogP contribution in [-0.2, 0) is 0 Å². The van der Waals surface area contributed by atoms with Crippen molar-refractivity contribution in [3.8, 4) is 22.3 Å². The summed E-state index contributed by atoms with van der Waals surface area (Å²) in [6.45, 7) is 0. The van der Waals surface area contributed by atoms with Gasteiger partial charge in [-0.2, -0.15) is 0 Å². The van der Waals surface area contributed by atoms with E-state index in [1.807, 2.05) is 0 Å². The normalized spacial score (nSPS) is 11.5. The van der Waals surface area contributed by atoms with Crippen LogP contribution >= 0.6 is 0 Å². The zero-order valence-electron chi connectivity index (χ0n) is 18.4. The van der Waals surface area contributed by atoms with E-state index in [9.17, 15) is 0 Å². The van der Waals surface area contributed by atoms with E-state index >= 15 is 0 Å². The van der Waals surface area contributed by atoms with E-state index in [0.29, 0.717) is 0 Å². The Bertz CT molecular complexity index is 1830. The van der Waals surface area contributed by atoms with Gasteiger partial charge in [0.2, 0.25) is 0 Å². The maximum absolute atomic E-state index is 4.73. The van der Waals surface area contributed by atoms with Crippen LogP contribution in [-0.4, -0.2) is 9.97 Å². The van der Waals surface area contributed by atoms with Gasteiger partial charge in [0.15, 0.2) is 0 Å². The molecule has 0 saturated carbocycles. The molecule has 0 atom stereocenters. The molecule has 0 aliphatic rings. The second-order valence-corrected chi connectivity index (χ2v) is 8.70. The van der Waals surface area contributed by atoms with Gasteiger partial charge in [0.05, 0.1) is 11.0 Å². The van der Waals surface area contributed by atoms with Crippen LogP contribution in [0, 0.1) is 0 Å². The first kappa shape index (κ1) is 19.0. The summed E-state index contributed by atoms with van der Waals surface area (Å²) in [6, 6.07) is 39.1. The predicted molar refractivity (Wildman–Crippen MR) is 143 cm³/mol. The van der Waals surface area contributed by atoms with Gasteiger partial charge >= 0.3 is 0 Å². The Balaban J connectivity index is 1.42. The molecule has 0 spiro atoms. The summed E-state index contributed by atoms with van der Waals surface area (Å²) in [5.74, 6) is 0. The van der Waals surface area contributed by atoms with E-state index < -0.39 is 0 Å². The van der Waals surface area contributed by atoms with Gasteiger partial charge in [-0.15, -0.1) is 0 Å². The minimum Gasteiger partial charge on any atom is -0.252 e. The van der Waals surface area contributed by atoms with Crippen molar-refractivity contribution in [1.82, 2.24) is 9.97 Å². The molecule has 0 aliphatic heterocycles. The van der Waals surface area contributed by atoms with Crippen LogP contribution in [0.3, 0.4) is 0 Å². The Morgan fingerprint density at radius 3 is 1.76 bits per heavy atom. The number of benzene rings is 6.